The second-order valence-corrected chi connectivity index (χ2v) is 10.1. The average molecular weight is 481 g/mol. The molecule has 8 rings (SSSR count). The average Bonchev–Trinajstić information content (AvgIpc) is 3.01. The first-order valence-electron chi connectivity index (χ1n) is 13.2. The minimum atomic E-state index is 0.0754. The molecule has 0 N–H and O–H groups in total. The summed E-state index contributed by atoms with van der Waals surface area (Å²) in [6.07, 6.45) is 0. The normalized spacial score (nSPS) is 12.6. The summed E-state index contributed by atoms with van der Waals surface area (Å²) in [4.78, 5) is 2.54. The molecule has 1 aliphatic rings. The highest BCUT2D eigenvalue weighted by molar-refractivity contribution is 6.90. The van der Waals surface area contributed by atoms with E-state index in [1.165, 1.54) is 65.7 Å². The second kappa shape index (κ2) is 8.36. The number of benzene rings is 7. The Kier molecular flexibility index (Phi) is 4.68. The highest BCUT2D eigenvalue weighted by Crippen LogP contribution is 2.42. The third-order valence-electron chi connectivity index (χ3n) is 8.09. The molecule has 0 bridgehead atoms. The Morgan fingerprint density at radius 1 is 0.395 bits per heavy atom. The summed E-state index contributed by atoms with van der Waals surface area (Å²) in [5, 5.41) is 7.80. The van der Waals surface area contributed by atoms with Crippen LogP contribution in [0.5, 0.6) is 0 Å². The summed E-state index contributed by atoms with van der Waals surface area (Å²) < 4.78 is 0. The molecule has 1 heterocycles. The van der Waals surface area contributed by atoms with E-state index in [2.05, 4.69) is 150 Å². The lowest BCUT2D eigenvalue weighted by atomic mass is 9.46. The van der Waals surface area contributed by atoms with Crippen molar-refractivity contribution >= 4 is 61.5 Å². The maximum atomic E-state index is 2.54. The number of para-hydroxylation sites is 1. The number of hydrogen-bond acceptors (Lipinski definition) is 1. The monoisotopic (exact) mass is 481 g/mol. The first-order chi connectivity index (χ1) is 18.9. The Labute approximate surface area is 222 Å². The van der Waals surface area contributed by atoms with Crippen LogP contribution in [0.15, 0.2) is 146 Å². The van der Waals surface area contributed by atoms with Gasteiger partial charge in [-0.2, -0.15) is 0 Å². The molecule has 0 unspecified atom stereocenters. The van der Waals surface area contributed by atoms with Gasteiger partial charge in [-0.05, 0) is 61.5 Å². The van der Waals surface area contributed by atoms with Crippen LogP contribution >= 0.6 is 0 Å². The summed E-state index contributed by atoms with van der Waals surface area (Å²) in [7, 11) is 0. The van der Waals surface area contributed by atoms with Gasteiger partial charge in [0, 0.05) is 16.9 Å². The molecule has 0 saturated heterocycles. The molecule has 7 aromatic carbocycles. The van der Waals surface area contributed by atoms with Gasteiger partial charge in [-0.25, -0.2) is 0 Å². The number of nitrogens with zero attached hydrogens (tertiary/aromatic N) is 1. The summed E-state index contributed by atoms with van der Waals surface area (Å²) in [5.41, 5.74) is 7.65. The second-order valence-electron chi connectivity index (χ2n) is 10.1. The number of rotatable bonds is 2. The number of fused-ring (bicyclic) bond motifs is 9. The van der Waals surface area contributed by atoms with Crippen molar-refractivity contribution in [2.75, 3.05) is 4.81 Å². The first kappa shape index (κ1) is 21.3. The molecule has 0 amide bonds. The van der Waals surface area contributed by atoms with Crippen molar-refractivity contribution < 1.29 is 0 Å². The molecule has 0 atom stereocenters. The van der Waals surface area contributed by atoms with Crippen molar-refractivity contribution in [1.82, 2.24) is 0 Å². The summed E-state index contributed by atoms with van der Waals surface area (Å²) in [6, 6.07) is 53.3. The van der Waals surface area contributed by atoms with Crippen LogP contribution < -0.4 is 15.7 Å². The maximum absolute atomic E-state index is 2.54. The predicted octanol–water partition coefficient (Wildman–Crippen LogP) is 8.07. The first-order valence-corrected chi connectivity index (χ1v) is 13.2. The quantitative estimate of drug-likeness (QED) is 0.178. The van der Waals surface area contributed by atoms with E-state index in [0.29, 0.717) is 0 Å². The van der Waals surface area contributed by atoms with E-state index in [9.17, 15) is 0 Å². The van der Waals surface area contributed by atoms with Crippen molar-refractivity contribution in [2.45, 2.75) is 0 Å². The number of hydrogen-bond donors (Lipinski definition) is 0. The van der Waals surface area contributed by atoms with Crippen molar-refractivity contribution in [1.29, 1.82) is 0 Å². The van der Waals surface area contributed by atoms with Gasteiger partial charge in [-0.15, -0.1) is 0 Å². The van der Waals surface area contributed by atoms with Crippen LogP contribution in [0.2, 0.25) is 0 Å². The Morgan fingerprint density at radius 2 is 0.921 bits per heavy atom. The molecular weight excluding hydrogens is 457 g/mol. The fourth-order valence-corrected chi connectivity index (χ4v) is 6.47. The van der Waals surface area contributed by atoms with E-state index in [-0.39, 0.29) is 6.85 Å². The van der Waals surface area contributed by atoms with Gasteiger partial charge in [0.2, 0.25) is 0 Å². The topological polar surface area (TPSA) is 3.24 Å². The molecule has 0 aromatic heterocycles. The molecule has 2 heteroatoms. The largest absolute Gasteiger partial charge is 0.376 e. The fourth-order valence-electron chi connectivity index (χ4n) is 6.47. The van der Waals surface area contributed by atoms with Crippen LogP contribution in [0.3, 0.4) is 0 Å². The standard InChI is InChI=1S/C36H24BN/c1-2-12-25(13-3-1)37-35-20-10-8-18-32(35)33-19-9-11-21-36(33)38(37)26-22-23-31-29-16-5-4-14-27(29)28-15-6-7-17-30(28)34(31)24-26/h1-24H. The highest BCUT2D eigenvalue weighted by atomic mass is 15.1. The lowest BCUT2D eigenvalue weighted by molar-refractivity contribution is 1.37. The Balaban J connectivity index is 1.46. The zero-order valence-electron chi connectivity index (χ0n) is 20.9. The molecule has 0 spiro atoms. The van der Waals surface area contributed by atoms with Crippen molar-refractivity contribution in [3.63, 3.8) is 0 Å². The summed E-state index contributed by atoms with van der Waals surface area (Å²) >= 11 is 0. The molecule has 0 fully saturated rings. The van der Waals surface area contributed by atoms with Gasteiger partial charge < -0.3 is 4.81 Å². The molecule has 0 aliphatic carbocycles. The van der Waals surface area contributed by atoms with Gasteiger partial charge in [-0.1, -0.05) is 133 Å². The lowest BCUT2D eigenvalue weighted by Crippen LogP contribution is -2.57. The van der Waals surface area contributed by atoms with E-state index in [4.69, 9.17) is 0 Å². The molecule has 1 aliphatic heterocycles. The predicted molar refractivity (Wildman–Crippen MR) is 164 cm³/mol. The molecule has 7 aromatic rings. The molecule has 0 radical (unpaired) electrons. The minimum Gasteiger partial charge on any atom is -0.376 e. The Hall–Kier alpha value is -4.82. The van der Waals surface area contributed by atoms with Gasteiger partial charge >= 0.3 is 6.85 Å². The fraction of sp³-hybridized carbons (Fsp3) is 0. The molecule has 176 valence electrons. The van der Waals surface area contributed by atoms with E-state index in [0.717, 1.165) is 0 Å². The Morgan fingerprint density at radius 3 is 1.63 bits per heavy atom. The number of anilines is 2. The van der Waals surface area contributed by atoms with Crippen LogP contribution in [-0.4, -0.2) is 6.85 Å². The van der Waals surface area contributed by atoms with Crippen molar-refractivity contribution in [2.24, 2.45) is 0 Å². The van der Waals surface area contributed by atoms with Crippen LogP contribution in [0.4, 0.5) is 11.4 Å². The molecular formula is C36H24BN. The van der Waals surface area contributed by atoms with E-state index >= 15 is 0 Å². The van der Waals surface area contributed by atoms with Gasteiger partial charge in [0.15, 0.2) is 0 Å². The maximum Gasteiger partial charge on any atom is 0.328 e. The van der Waals surface area contributed by atoms with Crippen LogP contribution in [0, 0.1) is 0 Å². The summed E-state index contributed by atoms with van der Waals surface area (Å²) in [6.45, 7) is 0.0754. The molecule has 38 heavy (non-hydrogen) atoms. The van der Waals surface area contributed by atoms with E-state index in [1.807, 2.05) is 0 Å². The van der Waals surface area contributed by atoms with Crippen LogP contribution in [0.1, 0.15) is 0 Å². The Bertz CT molecular complexity index is 1960. The molecule has 0 saturated carbocycles. The van der Waals surface area contributed by atoms with E-state index in [1.54, 1.807) is 0 Å². The summed E-state index contributed by atoms with van der Waals surface area (Å²) in [5.74, 6) is 0. The van der Waals surface area contributed by atoms with Crippen molar-refractivity contribution in [3.05, 3.63) is 146 Å². The highest BCUT2D eigenvalue weighted by Gasteiger charge is 2.36. The van der Waals surface area contributed by atoms with Gasteiger partial charge in [0.25, 0.3) is 0 Å². The third-order valence-corrected chi connectivity index (χ3v) is 8.09. The smallest absolute Gasteiger partial charge is 0.328 e. The van der Waals surface area contributed by atoms with Crippen LogP contribution in [0.25, 0.3) is 43.4 Å². The van der Waals surface area contributed by atoms with Gasteiger partial charge in [-0.3, -0.25) is 0 Å². The zero-order chi connectivity index (χ0) is 25.1. The minimum absolute atomic E-state index is 0.0754. The van der Waals surface area contributed by atoms with E-state index < -0.39 is 0 Å². The lowest BCUT2D eigenvalue weighted by Gasteiger charge is -2.39. The molecule has 1 nitrogen and oxygen atoms in total. The third kappa shape index (κ3) is 3.07. The SMILES string of the molecule is c1ccc(B2c3ccccc3-c3ccccc3N2c2ccc3c4ccccc4c4ccccc4c3c2)cc1. The van der Waals surface area contributed by atoms with Gasteiger partial charge in [0.1, 0.15) is 0 Å². The van der Waals surface area contributed by atoms with Crippen LogP contribution in [-0.2, 0) is 0 Å². The van der Waals surface area contributed by atoms with Gasteiger partial charge in [0.05, 0.1) is 0 Å². The zero-order valence-corrected chi connectivity index (χ0v) is 20.9. The van der Waals surface area contributed by atoms with Crippen molar-refractivity contribution in [3.8, 4) is 11.1 Å².